The van der Waals surface area contributed by atoms with E-state index in [9.17, 15) is 14.0 Å². The molecule has 2 amide bonds. The van der Waals surface area contributed by atoms with Crippen LogP contribution in [0.5, 0.6) is 0 Å². The second kappa shape index (κ2) is 14.3. The molecule has 0 saturated heterocycles. The highest BCUT2D eigenvalue weighted by molar-refractivity contribution is 5.91. The Morgan fingerprint density at radius 1 is 1.17 bits per heavy atom. The molecule has 0 fully saturated rings. The Balaban J connectivity index is 1.76. The maximum absolute atomic E-state index is 13.0. The molecule has 0 unspecified atom stereocenters. The number of nitrogens with zero attached hydrogens (tertiary/aromatic N) is 4. The molecule has 10 heteroatoms. The Kier molecular flexibility index (Phi) is 11.2. The molecule has 186 valence electrons. The molecule has 1 aromatic heterocycles. The molecule has 0 aliphatic carbocycles. The predicted octanol–water partition coefficient (Wildman–Crippen LogP) is 2.23. The van der Waals surface area contributed by atoms with Crippen LogP contribution in [0, 0.1) is 17.7 Å². The minimum atomic E-state index is -0.316. The van der Waals surface area contributed by atoms with Gasteiger partial charge in [-0.15, -0.1) is 0 Å². The lowest BCUT2D eigenvalue weighted by Crippen LogP contribution is -2.38. The molecular weight excluding hydrogens is 449 g/mol. The fourth-order valence-electron chi connectivity index (χ4n) is 2.79. The SMILES string of the molecule is CNc1nc(Nc2ccc(F)cc2)ncc1C#CCCCNC(=O)CN(C)C(=O)C=CCN(C)C. The number of hydrogen-bond donors (Lipinski definition) is 3. The molecule has 0 atom stereocenters. The number of nitrogens with one attached hydrogen (secondary N) is 3. The van der Waals surface area contributed by atoms with Crippen molar-refractivity contribution < 1.29 is 14.0 Å². The van der Waals surface area contributed by atoms with Crippen LogP contribution in [0.4, 0.5) is 21.8 Å². The van der Waals surface area contributed by atoms with Crippen molar-refractivity contribution in [3.8, 4) is 11.8 Å². The molecular formula is C25H32FN7O2. The van der Waals surface area contributed by atoms with Crippen molar-refractivity contribution in [1.82, 2.24) is 25.1 Å². The zero-order valence-electron chi connectivity index (χ0n) is 20.6. The first-order valence-corrected chi connectivity index (χ1v) is 11.2. The molecule has 0 saturated carbocycles. The number of unbranched alkanes of at least 4 members (excludes halogenated alkanes) is 1. The van der Waals surface area contributed by atoms with E-state index < -0.39 is 0 Å². The summed E-state index contributed by atoms with van der Waals surface area (Å²) < 4.78 is 13.0. The van der Waals surface area contributed by atoms with Crippen molar-refractivity contribution in [1.29, 1.82) is 0 Å². The standard InChI is InChI=1S/C25H32FN7O2/c1-27-24-19(17-29-25(31-24)30-21-13-11-20(26)12-14-21)9-6-5-7-15-28-22(34)18-33(4)23(35)10-8-16-32(2)3/h8,10-14,17H,5,7,15-16,18H2,1-4H3,(H,28,34)(H2,27,29,30,31). The van der Waals surface area contributed by atoms with E-state index in [1.54, 1.807) is 38.5 Å². The quantitative estimate of drug-likeness (QED) is 0.257. The number of amides is 2. The molecule has 2 rings (SSSR count). The lowest BCUT2D eigenvalue weighted by Gasteiger charge is -2.14. The van der Waals surface area contributed by atoms with Crippen LogP contribution in [0.1, 0.15) is 18.4 Å². The Hall–Kier alpha value is -3.97. The number of anilines is 3. The number of rotatable bonds is 11. The Labute approximate surface area is 205 Å². The van der Waals surface area contributed by atoms with Gasteiger partial charge in [0.05, 0.1) is 18.3 Å². The Bertz CT molecular complexity index is 1080. The highest BCUT2D eigenvalue weighted by Crippen LogP contribution is 2.17. The number of carbonyl (C=O) groups excluding carboxylic acids is 2. The molecule has 2 aromatic rings. The molecule has 35 heavy (non-hydrogen) atoms. The molecule has 1 heterocycles. The van der Waals surface area contributed by atoms with E-state index in [0.717, 1.165) is 0 Å². The van der Waals surface area contributed by atoms with Gasteiger partial charge in [-0.1, -0.05) is 17.9 Å². The van der Waals surface area contributed by atoms with Crippen molar-refractivity contribution in [3.05, 3.63) is 54.0 Å². The zero-order chi connectivity index (χ0) is 25.6. The van der Waals surface area contributed by atoms with Gasteiger partial charge in [0.1, 0.15) is 11.6 Å². The zero-order valence-corrected chi connectivity index (χ0v) is 20.6. The normalized spacial score (nSPS) is 10.6. The van der Waals surface area contributed by atoms with Crippen LogP contribution in [0.2, 0.25) is 0 Å². The maximum Gasteiger partial charge on any atom is 0.246 e. The summed E-state index contributed by atoms with van der Waals surface area (Å²) in [5, 5.41) is 8.80. The van der Waals surface area contributed by atoms with Gasteiger partial charge >= 0.3 is 0 Å². The van der Waals surface area contributed by atoms with Crippen LogP contribution >= 0.6 is 0 Å². The highest BCUT2D eigenvalue weighted by Gasteiger charge is 2.10. The van der Waals surface area contributed by atoms with E-state index in [0.29, 0.717) is 48.9 Å². The van der Waals surface area contributed by atoms with Gasteiger partial charge in [-0.3, -0.25) is 9.59 Å². The summed E-state index contributed by atoms with van der Waals surface area (Å²) in [7, 11) is 7.16. The molecule has 0 bridgehead atoms. The Morgan fingerprint density at radius 2 is 1.91 bits per heavy atom. The van der Waals surface area contributed by atoms with Crippen LogP contribution in [0.25, 0.3) is 0 Å². The number of aromatic nitrogens is 2. The summed E-state index contributed by atoms with van der Waals surface area (Å²) in [6, 6.07) is 5.91. The second-order valence-electron chi connectivity index (χ2n) is 7.95. The van der Waals surface area contributed by atoms with Crippen molar-refractivity contribution >= 4 is 29.3 Å². The molecule has 0 radical (unpaired) electrons. The third-order valence-corrected chi connectivity index (χ3v) is 4.64. The summed E-state index contributed by atoms with van der Waals surface area (Å²) >= 11 is 0. The van der Waals surface area contributed by atoms with Crippen molar-refractivity contribution in [2.24, 2.45) is 0 Å². The first-order chi connectivity index (χ1) is 16.8. The van der Waals surface area contributed by atoms with Crippen LogP contribution in [0.3, 0.4) is 0 Å². The minimum absolute atomic E-state index is 0.00199. The summed E-state index contributed by atoms with van der Waals surface area (Å²) in [5.41, 5.74) is 1.31. The van der Waals surface area contributed by atoms with E-state index in [4.69, 9.17) is 0 Å². The van der Waals surface area contributed by atoms with E-state index in [1.165, 1.54) is 23.1 Å². The topological polar surface area (TPSA) is 102 Å². The van der Waals surface area contributed by atoms with Gasteiger partial charge in [0.15, 0.2) is 0 Å². The van der Waals surface area contributed by atoms with Crippen LogP contribution in [0.15, 0.2) is 42.6 Å². The number of benzene rings is 1. The monoisotopic (exact) mass is 481 g/mol. The molecule has 1 aromatic carbocycles. The molecule has 3 N–H and O–H groups in total. The van der Waals surface area contributed by atoms with Crippen molar-refractivity contribution in [2.45, 2.75) is 12.8 Å². The minimum Gasteiger partial charge on any atom is -0.372 e. The maximum atomic E-state index is 13.0. The molecule has 9 nitrogen and oxygen atoms in total. The molecule has 0 aliphatic rings. The summed E-state index contributed by atoms with van der Waals surface area (Å²) in [6.45, 7) is 1.12. The second-order valence-corrected chi connectivity index (χ2v) is 7.95. The third kappa shape index (κ3) is 10.2. The number of carbonyl (C=O) groups is 2. The van der Waals surface area contributed by atoms with E-state index in [-0.39, 0.29) is 24.2 Å². The summed E-state index contributed by atoms with van der Waals surface area (Å²) in [5.74, 6) is 6.28. The Morgan fingerprint density at radius 3 is 2.60 bits per heavy atom. The average molecular weight is 482 g/mol. The van der Waals surface area contributed by atoms with Gasteiger partial charge in [-0.2, -0.15) is 4.98 Å². The molecule has 0 aliphatic heterocycles. The van der Waals surface area contributed by atoms with Crippen molar-refractivity contribution in [3.63, 3.8) is 0 Å². The van der Waals surface area contributed by atoms with E-state index in [1.807, 2.05) is 19.0 Å². The fraction of sp³-hybridized carbons (Fsp3) is 0.360. The predicted molar refractivity (Wildman–Crippen MR) is 136 cm³/mol. The fourth-order valence-corrected chi connectivity index (χ4v) is 2.79. The average Bonchev–Trinajstić information content (AvgIpc) is 2.82. The largest absolute Gasteiger partial charge is 0.372 e. The van der Waals surface area contributed by atoms with Gasteiger partial charge in [0.2, 0.25) is 17.8 Å². The van der Waals surface area contributed by atoms with Gasteiger partial charge in [-0.05, 0) is 44.8 Å². The van der Waals surface area contributed by atoms with Gasteiger partial charge in [-0.25, -0.2) is 9.37 Å². The number of hydrogen-bond acceptors (Lipinski definition) is 7. The smallest absolute Gasteiger partial charge is 0.246 e. The van der Waals surface area contributed by atoms with Gasteiger partial charge < -0.3 is 25.8 Å². The first-order valence-electron chi connectivity index (χ1n) is 11.2. The lowest BCUT2D eigenvalue weighted by atomic mass is 10.2. The highest BCUT2D eigenvalue weighted by atomic mass is 19.1. The van der Waals surface area contributed by atoms with Crippen LogP contribution < -0.4 is 16.0 Å². The van der Waals surface area contributed by atoms with Crippen LogP contribution in [-0.4, -0.2) is 79.4 Å². The number of halogens is 1. The summed E-state index contributed by atoms with van der Waals surface area (Å²) in [6.07, 6.45) is 6.08. The number of likely N-dealkylation sites (N-methyl/N-ethyl adjacent to an activating group) is 2. The third-order valence-electron chi connectivity index (χ3n) is 4.64. The molecule has 0 spiro atoms. The lowest BCUT2D eigenvalue weighted by molar-refractivity contribution is -0.131. The van der Waals surface area contributed by atoms with Gasteiger partial charge in [0, 0.05) is 45.4 Å². The van der Waals surface area contributed by atoms with E-state index in [2.05, 4.69) is 37.8 Å². The summed E-state index contributed by atoms with van der Waals surface area (Å²) in [4.78, 5) is 36.0. The van der Waals surface area contributed by atoms with E-state index >= 15 is 0 Å². The first kappa shape index (κ1) is 27.3. The van der Waals surface area contributed by atoms with Gasteiger partial charge in [0.25, 0.3) is 0 Å². The van der Waals surface area contributed by atoms with Crippen molar-refractivity contribution in [2.75, 3.05) is 58.5 Å². The van der Waals surface area contributed by atoms with Crippen LogP contribution in [-0.2, 0) is 9.59 Å².